The monoisotopic (exact) mass is 210 g/mol. The van der Waals surface area contributed by atoms with E-state index in [4.69, 9.17) is 4.74 Å². The fourth-order valence-electron chi connectivity index (χ4n) is 1.32. The Hall–Kier alpha value is -1.29. The lowest BCUT2D eigenvalue weighted by atomic mass is 10.3. The molecule has 0 aromatic carbocycles. The van der Waals surface area contributed by atoms with E-state index in [9.17, 15) is 4.79 Å². The Kier molecular flexibility index (Phi) is 4.90. The summed E-state index contributed by atoms with van der Waals surface area (Å²) >= 11 is 0. The van der Waals surface area contributed by atoms with E-state index < -0.39 is 0 Å². The number of aromatic nitrogens is 1. The van der Waals surface area contributed by atoms with Crippen LogP contribution in [0.5, 0.6) is 0 Å². The Balaban J connectivity index is 2.42. The van der Waals surface area contributed by atoms with E-state index in [2.05, 4.69) is 12.2 Å². The van der Waals surface area contributed by atoms with Crippen molar-refractivity contribution < 1.29 is 9.53 Å². The van der Waals surface area contributed by atoms with Crippen molar-refractivity contribution in [3.63, 3.8) is 0 Å². The van der Waals surface area contributed by atoms with Crippen molar-refractivity contribution in [2.45, 2.75) is 26.9 Å². The van der Waals surface area contributed by atoms with Gasteiger partial charge in [-0.2, -0.15) is 0 Å². The van der Waals surface area contributed by atoms with Crippen LogP contribution in [0.1, 0.15) is 19.4 Å². The second-order valence-corrected chi connectivity index (χ2v) is 3.28. The SMILES string of the molecule is CCNCc1ccn(CC(=O)OCC)c1. The largest absolute Gasteiger partial charge is 0.465 e. The van der Waals surface area contributed by atoms with Crippen LogP contribution in [0.3, 0.4) is 0 Å². The van der Waals surface area contributed by atoms with Gasteiger partial charge in [0, 0.05) is 18.9 Å². The van der Waals surface area contributed by atoms with Crippen LogP contribution in [-0.4, -0.2) is 23.7 Å². The molecule has 1 aromatic rings. The first-order valence-electron chi connectivity index (χ1n) is 5.27. The smallest absolute Gasteiger partial charge is 0.325 e. The molecule has 0 aliphatic heterocycles. The molecule has 0 fully saturated rings. The van der Waals surface area contributed by atoms with Crippen LogP contribution in [0.4, 0.5) is 0 Å². The summed E-state index contributed by atoms with van der Waals surface area (Å²) in [5, 5.41) is 3.23. The van der Waals surface area contributed by atoms with Gasteiger partial charge >= 0.3 is 5.97 Å². The van der Waals surface area contributed by atoms with E-state index in [0.717, 1.165) is 13.1 Å². The van der Waals surface area contributed by atoms with Crippen molar-refractivity contribution in [3.8, 4) is 0 Å². The third-order valence-corrected chi connectivity index (χ3v) is 2.01. The van der Waals surface area contributed by atoms with Crippen molar-refractivity contribution in [3.05, 3.63) is 24.0 Å². The van der Waals surface area contributed by atoms with E-state index >= 15 is 0 Å². The first kappa shape index (κ1) is 11.8. The lowest BCUT2D eigenvalue weighted by molar-refractivity contribution is -0.143. The standard InChI is InChI=1S/C11H18N2O2/c1-3-12-7-10-5-6-13(8-10)9-11(14)15-4-2/h5-6,8,12H,3-4,7,9H2,1-2H3. The van der Waals surface area contributed by atoms with Gasteiger partial charge in [-0.15, -0.1) is 0 Å². The summed E-state index contributed by atoms with van der Waals surface area (Å²) < 4.78 is 6.70. The van der Waals surface area contributed by atoms with E-state index in [1.165, 1.54) is 5.56 Å². The number of rotatable bonds is 6. The van der Waals surface area contributed by atoms with Crippen LogP contribution in [0.15, 0.2) is 18.5 Å². The van der Waals surface area contributed by atoms with Crippen LogP contribution in [0.2, 0.25) is 0 Å². The average Bonchev–Trinajstić information content (AvgIpc) is 2.63. The molecule has 0 aliphatic rings. The highest BCUT2D eigenvalue weighted by atomic mass is 16.5. The first-order valence-corrected chi connectivity index (χ1v) is 5.27. The summed E-state index contributed by atoms with van der Waals surface area (Å²) in [5.41, 5.74) is 1.18. The molecule has 84 valence electrons. The molecule has 0 aliphatic carbocycles. The average molecular weight is 210 g/mol. The number of nitrogens with zero attached hydrogens (tertiary/aromatic N) is 1. The molecule has 0 saturated heterocycles. The number of carbonyl (C=O) groups excluding carboxylic acids is 1. The fourth-order valence-corrected chi connectivity index (χ4v) is 1.32. The van der Waals surface area contributed by atoms with Gasteiger partial charge in [-0.3, -0.25) is 4.79 Å². The van der Waals surface area contributed by atoms with Crippen molar-refractivity contribution in [1.29, 1.82) is 0 Å². The van der Waals surface area contributed by atoms with E-state index in [0.29, 0.717) is 13.2 Å². The quantitative estimate of drug-likeness (QED) is 0.716. The molecule has 0 radical (unpaired) electrons. The molecule has 0 unspecified atom stereocenters. The molecule has 1 heterocycles. The summed E-state index contributed by atoms with van der Waals surface area (Å²) in [7, 11) is 0. The zero-order valence-corrected chi connectivity index (χ0v) is 9.32. The van der Waals surface area contributed by atoms with Gasteiger partial charge in [0.1, 0.15) is 6.54 Å². The van der Waals surface area contributed by atoms with Gasteiger partial charge in [-0.05, 0) is 25.1 Å². The molecular weight excluding hydrogens is 192 g/mol. The number of hydrogen-bond donors (Lipinski definition) is 1. The summed E-state index contributed by atoms with van der Waals surface area (Å²) in [6.07, 6.45) is 3.85. The zero-order chi connectivity index (χ0) is 11.1. The van der Waals surface area contributed by atoms with Crippen molar-refractivity contribution in [2.24, 2.45) is 0 Å². The van der Waals surface area contributed by atoms with Gasteiger partial charge in [-0.25, -0.2) is 0 Å². The maximum absolute atomic E-state index is 11.2. The first-order chi connectivity index (χ1) is 7.26. The molecule has 0 amide bonds. The summed E-state index contributed by atoms with van der Waals surface area (Å²) in [4.78, 5) is 11.2. The summed E-state index contributed by atoms with van der Waals surface area (Å²) in [6.45, 7) is 6.39. The highest BCUT2D eigenvalue weighted by Crippen LogP contribution is 2.01. The Bertz CT molecular complexity index is 307. The minimum atomic E-state index is -0.192. The van der Waals surface area contributed by atoms with Gasteiger partial charge in [0.2, 0.25) is 0 Å². The maximum atomic E-state index is 11.2. The fraction of sp³-hybridized carbons (Fsp3) is 0.545. The Morgan fingerprint density at radius 3 is 3.00 bits per heavy atom. The second kappa shape index (κ2) is 6.24. The van der Waals surface area contributed by atoms with Gasteiger partial charge in [0.25, 0.3) is 0 Å². The Morgan fingerprint density at radius 1 is 1.53 bits per heavy atom. The third-order valence-electron chi connectivity index (χ3n) is 2.01. The normalized spacial score (nSPS) is 10.3. The minimum Gasteiger partial charge on any atom is -0.465 e. The molecule has 15 heavy (non-hydrogen) atoms. The van der Waals surface area contributed by atoms with E-state index in [-0.39, 0.29) is 5.97 Å². The Labute approximate surface area is 90.2 Å². The third kappa shape index (κ3) is 4.16. The van der Waals surface area contributed by atoms with E-state index in [1.807, 2.05) is 30.0 Å². The molecule has 1 rings (SSSR count). The molecular formula is C11H18N2O2. The molecule has 0 bridgehead atoms. The second-order valence-electron chi connectivity index (χ2n) is 3.28. The Morgan fingerprint density at radius 2 is 2.33 bits per heavy atom. The van der Waals surface area contributed by atoms with E-state index in [1.54, 1.807) is 0 Å². The zero-order valence-electron chi connectivity index (χ0n) is 9.32. The molecule has 4 nitrogen and oxygen atoms in total. The topological polar surface area (TPSA) is 43.3 Å². The predicted molar refractivity (Wildman–Crippen MR) is 58.4 cm³/mol. The van der Waals surface area contributed by atoms with Gasteiger partial charge in [-0.1, -0.05) is 6.92 Å². The molecule has 1 aromatic heterocycles. The van der Waals surface area contributed by atoms with Crippen LogP contribution < -0.4 is 5.32 Å². The summed E-state index contributed by atoms with van der Waals surface area (Å²) in [6, 6.07) is 2.00. The molecule has 0 spiro atoms. The summed E-state index contributed by atoms with van der Waals surface area (Å²) in [5.74, 6) is -0.192. The number of ether oxygens (including phenoxy) is 1. The molecule has 0 atom stereocenters. The van der Waals surface area contributed by atoms with Crippen LogP contribution in [0.25, 0.3) is 0 Å². The van der Waals surface area contributed by atoms with Gasteiger partial charge in [0.05, 0.1) is 6.61 Å². The van der Waals surface area contributed by atoms with Gasteiger partial charge < -0.3 is 14.6 Å². The van der Waals surface area contributed by atoms with Gasteiger partial charge in [0.15, 0.2) is 0 Å². The van der Waals surface area contributed by atoms with Crippen LogP contribution >= 0.6 is 0 Å². The number of esters is 1. The molecule has 1 N–H and O–H groups in total. The lowest BCUT2D eigenvalue weighted by Crippen LogP contribution is -2.13. The molecule has 4 heteroatoms. The maximum Gasteiger partial charge on any atom is 0.325 e. The van der Waals surface area contributed by atoms with Crippen molar-refractivity contribution in [2.75, 3.05) is 13.2 Å². The number of carbonyl (C=O) groups is 1. The number of nitrogens with one attached hydrogen (secondary N) is 1. The minimum absolute atomic E-state index is 0.192. The molecule has 0 saturated carbocycles. The number of hydrogen-bond acceptors (Lipinski definition) is 3. The predicted octanol–water partition coefficient (Wildman–Crippen LogP) is 1.16. The highest BCUT2D eigenvalue weighted by molar-refractivity contribution is 5.69. The van der Waals surface area contributed by atoms with Crippen LogP contribution in [-0.2, 0) is 22.6 Å². The van der Waals surface area contributed by atoms with Crippen molar-refractivity contribution >= 4 is 5.97 Å². The lowest BCUT2D eigenvalue weighted by Gasteiger charge is -2.02. The highest BCUT2D eigenvalue weighted by Gasteiger charge is 2.03. The van der Waals surface area contributed by atoms with Crippen molar-refractivity contribution in [1.82, 2.24) is 9.88 Å². The van der Waals surface area contributed by atoms with Crippen LogP contribution in [0, 0.1) is 0 Å².